The summed E-state index contributed by atoms with van der Waals surface area (Å²) in [5.41, 5.74) is 6.47. The first-order valence-corrected chi connectivity index (χ1v) is 7.03. The second-order valence-corrected chi connectivity index (χ2v) is 6.16. The number of hydrogen-bond donors (Lipinski definition) is 2. The van der Waals surface area contributed by atoms with Gasteiger partial charge in [-0.05, 0) is 44.3 Å². The fraction of sp³-hybridized carbons (Fsp3) is 0.750. The highest BCUT2D eigenvalue weighted by molar-refractivity contribution is 7.03. The van der Waals surface area contributed by atoms with Crippen LogP contribution in [0, 0.1) is 0 Å². The van der Waals surface area contributed by atoms with Crippen LogP contribution in [0.1, 0.15) is 37.3 Å². The average Bonchev–Trinajstić information content (AvgIpc) is 2.88. The van der Waals surface area contributed by atoms with Gasteiger partial charge in [0.05, 0.1) is 11.6 Å². The van der Waals surface area contributed by atoms with Crippen molar-refractivity contribution in [3.05, 3.63) is 17.1 Å². The van der Waals surface area contributed by atoms with Gasteiger partial charge in [-0.25, -0.2) is 4.37 Å². The van der Waals surface area contributed by atoms with Crippen molar-refractivity contribution in [2.75, 3.05) is 7.05 Å². The van der Waals surface area contributed by atoms with Crippen molar-refractivity contribution in [2.45, 2.75) is 49.4 Å². The zero-order valence-corrected chi connectivity index (χ0v) is 10.9. The number of nitrogens with two attached hydrogens (primary N) is 1. The van der Waals surface area contributed by atoms with E-state index in [4.69, 9.17) is 5.73 Å². The molecule has 0 aromatic carbocycles. The van der Waals surface area contributed by atoms with Gasteiger partial charge < -0.3 is 15.7 Å². The summed E-state index contributed by atoms with van der Waals surface area (Å²) in [5, 5.41) is 12.8. The zero-order chi connectivity index (χ0) is 12.0. The topological polar surface area (TPSA) is 62.4 Å². The van der Waals surface area contributed by atoms with Gasteiger partial charge >= 0.3 is 0 Å². The molecule has 0 aliphatic carbocycles. The number of piperidine rings is 1. The number of nitrogens with zero attached hydrogens (tertiary/aromatic N) is 2. The smallest absolute Gasteiger partial charge is 0.0870 e. The molecule has 4 nitrogen and oxygen atoms in total. The van der Waals surface area contributed by atoms with Crippen LogP contribution in [-0.4, -0.2) is 39.1 Å². The van der Waals surface area contributed by atoms with E-state index in [1.165, 1.54) is 24.4 Å². The molecule has 0 radical (unpaired) electrons. The van der Waals surface area contributed by atoms with Crippen molar-refractivity contribution < 1.29 is 5.11 Å². The fourth-order valence-corrected chi connectivity index (χ4v) is 3.99. The van der Waals surface area contributed by atoms with E-state index in [0.717, 1.165) is 18.4 Å². The van der Waals surface area contributed by atoms with Crippen LogP contribution in [-0.2, 0) is 0 Å². The third-order valence-electron chi connectivity index (χ3n) is 4.55. The third kappa shape index (κ3) is 1.81. The molecular formula is C12H19N3OS. The summed E-state index contributed by atoms with van der Waals surface area (Å²) in [6.07, 6.45) is 5.75. The maximum atomic E-state index is 10.8. The number of rotatable bonds is 2. The lowest BCUT2D eigenvalue weighted by Gasteiger charge is -2.44. The first kappa shape index (κ1) is 11.6. The Bertz CT molecular complexity index is 380. The van der Waals surface area contributed by atoms with Crippen LogP contribution >= 0.6 is 11.5 Å². The van der Waals surface area contributed by atoms with Gasteiger partial charge in [0.15, 0.2) is 0 Å². The van der Waals surface area contributed by atoms with E-state index in [-0.39, 0.29) is 6.04 Å². The van der Waals surface area contributed by atoms with Gasteiger partial charge in [0.25, 0.3) is 0 Å². The van der Waals surface area contributed by atoms with Gasteiger partial charge in [0.2, 0.25) is 0 Å². The molecule has 2 fully saturated rings. The molecule has 3 N–H and O–H groups in total. The lowest BCUT2D eigenvalue weighted by Crippen LogP contribution is -2.54. The Balaban J connectivity index is 1.83. The van der Waals surface area contributed by atoms with Crippen molar-refractivity contribution in [1.82, 2.24) is 9.27 Å². The highest BCUT2D eigenvalue weighted by Gasteiger charge is 2.49. The van der Waals surface area contributed by atoms with Crippen LogP contribution in [0.15, 0.2) is 11.6 Å². The maximum absolute atomic E-state index is 10.8. The molecule has 2 saturated heterocycles. The molecule has 0 spiro atoms. The number of hydrogen-bond acceptors (Lipinski definition) is 5. The van der Waals surface area contributed by atoms with E-state index in [1.54, 1.807) is 6.20 Å². The van der Waals surface area contributed by atoms with E-state index in [0.29, 0.717) is 12.1 Å². The van der Waals surface area contributed by atoms with Gasteiger partial charge in [0, 0.05) is 29.2 Å². The van der Waals surface area contributed by atoms with Gasteiger partial charge in [-0.3, -0.25) is 0 Å². The Labute approximate surface area is 106 Å². The van der Waals surface area contributed by atoms with Crippen LogP contribution < -0.4 is 5.73 Å². The molecule has 94 valence electrons. The Hall–Kier alpha value is -0.490. The van der Waals surface area contributed by atoms with Crippen molar-refractivity contribution in [2.24, 2.45) is 5.73 Å². The molecule has 17 heavy (non-hydrogen) atoms. The summed E-state index contributed by atoms with van der Waals surface area (Å²) in [7, 11) is 2.17. The molecule has 5 heteroatoms. The van der Waals surface area contributed by atoms with Gasteiger partial charge in [-0.2, -0.15) is 0 Å². The average molecular weight is 253 g/mol. The van der Waals surface area contributed by atoms with Crippen molar-refractivity contribution in [3.8, 4) is 0 Å². The monoisotopic (exact) mass is 253 g/mol. The normalized spacial score (nSPS) is 39.5. The summed E-state index contributed by atoms with van der Waals surface area (Å²) < 4.78 is 4.08. The predicted molar refractivity (Wildman–Crippen MR) is 67.8 cm³/mol. The number of aliphatic hydroxyl groups is 1. The van der Waals surface area contributed by atoms with Gasteiger partial charge in [-0.1, -0.05) is 0 Å². The largest absolute Gasteiger partial charge is 0.388 e. The second kappa shape index (κ2) is 4.02. The predicted octanol–water partition coefficient (Wildman–Crippen LogP) is 1.13. The third-order valence-corrected chi connectivity index (χ3v) is 5.16. The van der Waals surface area contributed by atoms with Crippen LogP contribution in [0.2, 0.25) is 0 Å². The Morgan fingerprint density at radius 1 is 1.53 bits per heavy atom. The molecule has 3 heterocycles. The van der Waals surface area contributed by atoms with E-state index in [2.05, 4.69) is 16.3 Å². The lowest BCUT2D eigenvalue weighted by atomic mass is 9.79. The Kier molecular flexibility index (Phi) is 2.74. The van der Waals surface area contributed by atoms with Crippen LogP contribution in [0.5, 0.6) is 0 Å². The SMILES string of the molecule is CN1C2CCC1CC(O)(C(N)c1cnsc1)C2. The molecule has 1 aromatic rings. The van der Waals surface area contributed by atoms with Crippen molar-refractivity contribution >= 4 is 11.5 Å². The Morgan fingerprint density at radius 2 is 2.18 bits per heavy atom. The first-order chi connectivity index (χ1) is 8.10. The molecule has 2 aliphatic rings. The summed E-state index contributed by atoms with van der Waals surface area (Å²) >= 11 is 1.40. The van der Waals surface area contributed by atoms with Gasteiger partial charge in [0.1, 0.15) is 0 Å². The highest BCUT2D eigenvalue weighted by Crippen LogP contribution is 2.44. The van der Waals surface area contributed by atoms with E-state index in [9.17, 15) is 5.11 Å². The minimum atomic E-state index is -0.749. The highest BCUT2D eigenvalue weighted by atomic mass is 32.1. The summed E-state index contributed by atoms with van der Waals surface area (Å²) in [6, 6.07) is 0.700. The lowest BCUT2D eigenvalue weighted by molar-refractivity contribution is -0.0629. The summed E-state index contributed by atoms with van der Waals surface area (Å²) in [6.45, 7) is 0. The molecule has 3 rings (SSSR count). The molecule has 2 aliphatic heterocycles. The minimum absolute atomic E-state index is 0.293. The molecule has 1 aromatic heterocycles. The van der Waals surface area contributed by atoms with Crippen LogP contribution in [0.3, 0.4) is 0 Å². The molecule has 0 saturated carbocycles. The zero-order valence-electron chi connectivity index (χ0n) is 10.0. The molecular weight excluding hydrogens is 234 g/mol. The van der Waals surface area contributed by atoms with Crippen molar-refractivity contribution in [3.63, 3.8) is 0 Å². The van der Waals surface area contributed by atoms with E-state index >= 15 is 0 Å². The Morgan fingerprint density at radius 3 is 2.71 bits per heavy atom. The van der Waals surface area contributed by atoms with E-state index in [1.807, 2.05) is 5.38 Å². The number of aromatic nitrogens is 1. The molecule has 3 atom stereocenters. The second-order valence-electron chi connectivity index (χ2n) is 5.50. The summed E-state index contributed by atoms with van der Waals surface area (Å²) in [4.78, 5) is 2.41. The minimum Gasteiger partial charge on any atom is -0.388 e. The van der Waals surface area contributed by atoms with E-state index < -0.39 is 5.60 Å². The molecule has 3 unspecified atom stereocenters. The number of fused-ring (bicyclic) bond motifs is 2. The molecule has 2 bridgehead atoms. The van der Waals surface area contributed by atoms with Gasteiger partial charge in [-0.15, -0.1) is 0 Å². The quantitative estimate of drug-likeness (QED) is 0.829. The first-order valence-electron chi connectivity index (χ1n) is 6.19. The maximum Gasteiger partial charge on any atom is 0.0870 e. The molecule has 0 amide bonds. The summed E-state index contributed by atoms with van der Waals surface area (Å²) in [5.74, 6) is 0. The van der Waals surface area contributed by atoms with Crippen LogP contribution in [0.25, 0.3) is 0 Å². The van der Waals surface area contributed by atoms with Crippen LogP contribution in [0.4, 0.5) is 0 Å². The van der Waals surface area contributed by atoms with Crippen molar-refractivity contribution in [1.29, 1.82) is 0 Å². The standard InChI is InChI=1S/C12H19N3OS/c1-15-9-2-3-10(15)5-12(16,4-9)11(13)8-6-14-17-7-8/h6-7,9-11,16H,2-5,13H2,1H3. The fourth-order valence-electron chi connectivity index (χ4n) is 3.41.